The van der Waals surface area contributed by atoms with E-state index in [-0.39, 0.29) is 0 Å². The van der Waals surface area contributed by atoms with Gasteiger partial charge in [0.1, 0.15) is 4.75 Å². The molecule has 0 amide bonds. The number of hydrogen-bond donors (Lipinski definition) is 1. The lowest BCUT2D eigenvalue weighted by molar-refractivity contribution is -0.138. The third-order valence-electron chi connectivity index (χ3n) is 3.39. The zero-order valence-corrected chi connectivity index (χ0v) is 16.3. The van der Waals surface area contributed by atoms with Gasteiger partial charge >= 0.3 is 5.97 Å². The SMILES string of the molecule is CCCCCCCCCCCCSSSC(C)(C)C(=O)O. The summed E-state index contributed by atoms with van der Waals surface area (Å²) in [5.74, 6) is 0.392. The molecule has 0 spiro atoms. The molecular weight excluding hydrogens is 320 g/mol. The van der Waals surface area contributed by atoms with Crippen LogP contribution in [0.5, 0.6) is 0 Å². The highest BCUT2D eigenvalue weighted by molar-refractivity contribution is 9.09. The summed E-state index contributed by atoms with van der Waals surface area (Å²) in [5, 5.41) is 8.99. The lowest BCUT2D eigenvalue weighted by Gasteiger charge is -2.16. The average Bonchev–Trinajstić information content (AvgIpc) is 2.43. The normalized spacial score (nSPS) is 11.8. The molecule has 0 fully saturated rings. The monoisotopic (exact) mass is 352 g/mol. The maximum Gasteiger partial charge on any atom is 0.320 e. The van der Waals surface area contributed by atoms with Crippen LogP contribution in [0.2, 0.25) is 0 Å². The minimum Gasteiger partial charge on any atom is -0.480 e. The van der Waals surface area contributed by atoms with Gasteiger partial charge in [0.05, 0.1) is 0 Å². The quantitative estimate of drug-likeness (QED) is 0.259. The molecule has 0 rings (SSSR count). The third-order valence-corrected chi connectivity index (χ3v) is 8.32. The van der Waals surface area contributed by atoms with E-state index >= 15 is 0 Å². The number of aliphatic carboxylic acids is 1. The Morgan fingerprint density at radius 1 is 0.905 bits per heavy atom. The highest BCUT2D eigenvalue weighted by Gasteiger charge is 2.28. The molecule has 1 N–H and O–H groups in total. The number of carboxylic acids is 1. The summed E-state index contributed by atoms with van der Waals surface area (Å²) < 4.78 is -0.685. The Morgan fingerprint density at radius 3 is 1.86 bits per heavy atom. The van der Waals surface area contributed by atoms with Crippen LogP contribution in [-0.2, 0) is 4.79 Å². The molecule has 0 aromatic heterocycles. The van der Waals surface area contributed by atoms with Gasteiger partial charge in [0.25, 0.3) is 0 Å². The summed E-state index contributed by atoms with van der Waals surface area (Å²) in [7, 11) is 4.86. The predicted octanol–water partition coefficient (Wildman–Crippen LogP) is 6.80. The molecule has 21 heavy (non-hydrogen) atoms. The molecule has 0 radical (unpaired) electrons. The number of carboxylic acid groups (broad SMARTS) is 1. The Bertz CT molecular complexity index is 258. The zero-order valence-electron chi connectivity index (χ0n) is 13.9. The van der Waals surface area contributed by atoms with Crippen LogP contribution in [0.4, 0.5) is 0 Å². The zero-order chi connectivity index (χ0) is 16.0. The van der Waals surface area contributed by atoms with Gasteiger partial charge in [0.15, 0.2) is 0 Å². The molecule has 0 aliphatic heterocycles. The van der Waals surface area contributed by atoms with Crippen LogP contribution in [-0.4, -0.2) is 21.6 Å². The summed E-state index contributed by atoms with van der Waals surface area (Å²) in [6.45, 7) is 5.78. The van der Waals surface area contributed by atoms with Gasteiger partial charge in [-0.25, -0.2) is 0 Å². The molecule has 126 valence electrons. The van der Waals surface area contributed by atoms with Crippen molar-refractivity contribution in [2.45, 2.75) is 89.7 Å². The Kier molecular flexibility index (Phi) is 14.5. The first-order valence-electron chi connectivity index (χ1n) is 8.21. The molecule has 2 nitrogen and oxygen atoms in total. The maximum atomic E-state index is 10.9. The van der Waals surface area contributed by atoms with Crippen LogP contribution in [0, 0.1) is 0 Å². The Balaban J connectivity index is 3.18. The standard InChI is InChI=1S/C16H32O2S3/c1-4-5-6-7-8-9-10-11-12-13-14-19-21-20-16(2,3)15(17)18/h4-14H2,1-3H3,(H,17,18). The van der Waals surface area contributed by atoms with E-state index in [2.05, 4.69) is 6.92 Å². The van der Waals surface area contributed by atoms with Gasteiger partial charge < -0.3 is 5.11 Å². The fraction of sp³-hybridized carbons (Fsp3) is 0.938. The smallest absolute Gasteiger partial charge is 0.320 e. The second-order valence-electron chi connectivity index (χ2n) is 5.97. The molecule has 0 aliphatic carbocycles. The molecule has 0 saturated heterocycles. The number of rotatable bonds is 15. The van der Waals surface area contributed by atoms with E-state index in [1.807, 2.05) is 0 Å². The van der Waals surface area contributed by atoms with E-state index < -0.39 is 10.7 Å². The topological polar surface area (TPSA) is 37.3 Å². The highest BCUT2D eigenvalue weighted by Crippen LogP contribution is 2.43. The highest BCUT2D eigenvalue weighted by atomic mass is 33.5. The largest absolute Gasteiger partial charge is 0.480 e. The fourth-order valence-corrected chi connectivity index (χ4v) is 6.51. The number of carbonyl (C=O) groups is 1. The number of hydrogen-bond acceptors (Lipinski definition) is 4. The van der Waals surface area contributed by atoms with Gasteiger partial charge in [0, 0.05) is 5.75 Å². The van der Waals surface area contributed by atoms with Crippen molar-refractivity contribution < 1.29 is 9.90 Å². The Hall–Kier alpha value is 0.520. The average molecular weight is 353 g/mol. The van der Waals surface area contributed by atoms with E-state index in [4.69, 9.17) is 5.11 Å². The van der Waals surface area contributed by atoms with E-state index in [9.17, 15) is 4.79 Å². The third kappa shape index (κ3) is 13.9. The molecule has 0 saturated carbocycles. The molecule has 0 bridgehead atoms. The summed E-state index contributed by atoms with van der Waals surface area (Å²) >= 11 is 0. The molecule has 0 aromatic rings. The molecular formula is C16H32O2S3. The van der Waals surface area contributed by atoms with Crippen LogP contribution in [0.3, 0.4) is 0 Å². The van der Waals surface area contributed by atoms with Crippen molar-refractivity contribution in [2.24, 2.45) is 0 Å². The molecule has 0 atom stereocenters. The van der Waals surface area contributed by atoms with Gasteiger partial charge in [-0.05, 0) is 30.1 Å². The van der Waals surface area contributed by atoms with Crippen LogP contribution in [0.25, 0.3) is 0 Å². The first-order valence-corrected chi connectivity index (χ1v) is 11.9. The second-order valence-corrected chi connectivity index (χ2v) is 10.8. The van der Waals surface area contributed by atoms with Crippen molar-refractivity contribution in [1.82, 2.24) is 0 Å². The van der Waals surface area contributed by atoms with Gasteiger partial charge in [-0.3, -0.25) is 4.79 Å². The number of unbranched alkanes of at least 4 members (excludes halogenated alkanes) is 9. The minimum atomic E-state index is -0.737. The van der Waals surface area contributed by atoms with Crippen molar-refractivity contribution >= 4 is 37.4 Å². The molecule has 0 aromatic carbocycles. The van der Waals surface area contributed by atoms with Crippen molar-refractivity contribution in [3.8, 4) is 0 Å². The first-order chi connectivity index (χ1) is 10.0. The summed E-state index contributed by atoms with van der Waals surface area (Å²) in [6.07, 6.45) is 13.7. The van der Waals surface area contributed by atoms with Crippen LogP contribution >= 0.6 is 31.4 Å². The Morgan fingerprint density at radius 2 is 1.38 bits per heavy atom. The fourth-order valence-electron chi connectivity index (χ4n) is 1.83. The lowest BCUT2D eigenvalue weighted by Crippen LogP contribution is -2.25. The van der Waals surface area contributed by atoms with E-state index in [1.54, 1.807) is 34.5 Å². The van der Waals surface area contributed by atoms with Gasteiger partial charge in [-0.1, -0.05) is 86.3 Å². The van der Waals surface area contributed by atoms with Crippen molar-refractivity contribution in [2.75, 3.05) is 5.75 Å². The molecule has 0 aliphatic rings. The Labute approximate surface area is 142 Å². The summed E-state index contributed by atoms with van der Waals surface area (Å²) in [5.41, 5.74) is 0. The first kappa shape index (κ1) is 21.5. The second kappa shape index (κ2) is 14.1. The van der Waals surface area contributed by atoms with Gasteiger partial charge in [-0.15, -0.1) is 0 Å². The minimum absolute atomic E-state index is 0.685. The van der Waals surface area contributed by atoms with Gasteiger partial charge in [0.2, 0.25) is 0 Å². The molecule has 0 unspecified atom stereocenters. The summed E-state index contributed by atoms with van der Waals surface area (Å²) in [4.78, 5) is 10.9. The maximum absolute atomic E-state index is 10.9. The van der Waals surface area contributed by atoms with Crippen molar-refractivity contribution in [3.63, 3.8) is 0 Å². The van der Waals surface area contributed by atoms with E-state index in [0.29, 0.717) is 0 Å². The van der Waals surface area contributed by atoms with Crippen molar-refractivity contribution in [3.05, 3.63) is 0 Å². The van der Waals surface area contributed by atoms with Crippen LogP contribution < -0.4 is 0 Å². The lowest BCUT2D eigenvalue weighted by atomic mass is 10.1. The van der Waals surface area contributed by atoms with E-state index in [0.717, 1.165) is 5.75 Å². The predicted molar refractivity (Wildman–Crippen MR) is 101 cm³/mol. The van der Waals surface area contributed by atoms with E-state index in [1.165, 1.54) is 75.0 Å². The summed E-state index contributed by atoms with van der Waals surface area (Å²) in [6, 6.07) is 0. The van der Waals surface area contributed by atoms with Crippen LogP contribution in [0.15, 0.2) is 0 Å². The van der Waals surface area contributed by atoms with Crippen molar-refractivity contribution in [1.29, 1.82) is 0 Å². The van der Waals surface area contributed by atoms with Gasteiger partial charge in [-0.2, -0.15) is 0 Å². The molecule has 0 heterocycles. The molecule has 5 heteroatoms. The van der Waals surface area contributed by atoms with Crippen LogP contribution in [0.1, 0.15) is 85.0 Å².